The van der Waals surface area contributed by atoms with Crippen molar-refractivity contribution in [2.75, 3.05) is 53.9 Å². The van der Waals surface area contributed by atoms with Gasteiger partial charge in [0.1, 0.15) is 24.7 Å². The number of carbonyl (C=O) groups is 4. The second-order valence-corrected chi connectivity index (χ2v) is 14.0. The number of carbonyl (C=O) groups excluding carboxylic acids is 4. The van der Waals surface area contributed by atoms with Crippen LogP contribution in [0.1, 0.15) is 94.5 Å². The highest BCUT2D eigenvalue weighted by Gasteiger charge is 2.10. The van der Waals surface area contributed by atoms with Crippen molar-refractivity contribution in [3.8, 4) is 11.5 Å². The zero-order valence-electron chi connectivity index (χ0n) is 36.1. The molecule has 0 saturated carbocycles. The van der Waals surface area contributed by atoms with Crippen LogP contribution >= 0.6 is 0 Å². The molecule has 6 aromatic carbocycles. The average molecular weight is 815 g/mol. The zero-order valence-corrected chi connectivity index (χ0v) is 36.1. The standard InChI is InChI=1S/C16H12O.C13H18O4.C11H14O3.C11H14O/c1-11(17)16-14-8-4-2-6-12(14)10-13-7-3-5-9-15(13)16;1-11(14)12-3-5-13(6-4-12)17-10-9-16-8-7-15-2;1-9(12)10-3-5-11(6-4-10)14-8-7-13-2;1-8(2)10-4-6-11(7-5-10)9(3)12/h2-10H,1H3;3-6H,7-10H2,1-2H3;3-6H,7-8H2,1-2H3;4-8H,1-3H3. The van der Waals surface area contributed by atoms with Gasteiger partial charge in [0.05, 0.1) is 26.4 Å². The molecule has 0 heterocycles. The summed E-state index contributed by atoms with van der Waals surface area (Å²) in [4.78, 5) is 44.8. The lowest BCUT2D eigenvalue weighted by atomic mass is 9.95. The fraction of sp³-hybridized carbons (Fsp3) is 0.294. The summed E-state index contributed by atoms with van der Waals surface area (Å²) in [5.74, 6) is 2.40. The number of ketones is 4. The summed E-state index contributed by atoms with van der Waals surface area (Å²) in [6.45, 7) is 13.9. The Morgan fingerprint density at radius 3 is 1.20 bits per heavy atom. The molecule has 0 aliphatic rings. The molecule has 0 fully saturated rings. The van der Waals surface area contributed by atoms with Gasteiger partial charge < -0.3 is 23.7 Å². The minimum atomic E-state index is 0.0550. The molecule has 6 aromatic rings. The van der Waals surface area contributed by atoms with Crippen molar-refractivity contribution in [2.24, 2.45) is 0 Å². The molecule has 0 aromatic heterocycles. The van der Waals surface area contributed by atoms with Gasteiger partial charge >= 0.3 is 0 Å². The molecule has 0 N–H and O–H groups in total. The van der Waals surface area contributed by atoms with E-state index in [1.165, 1.54) is 5.56 Å². The molecule has 0 amide bonds. The van der Waals surface area contributed by atoms with Crippen molar-refractivity contribution >= 4 is 44.7 Å². The number of ether oxygens (including phenoxy) is 5. The summed E-state index contributed by atoms with van der Waals surface area (Å²) in [6.07, 6.45) is 0. The molecule has 9 nitrogen and oxygen atoms in total. The maximum absolute atomic E-state index is 11.9. The number of benzene rings is 6. The first-order valence-electron chi connectivity index (χ1n) is 19.9. The number of rotatable bonds is 16. The molecule has 0 unspecified atom stereocenters. The fourth-order valence-corrected chi connectivity index (χ4v) is 5.77. The van der Waals surface area contributed by atoms with Gasteiger partial charge in [0.2, 0.25) is 0 Å². The third-order valence-electron chi connectivity index (χ3n) is 9.11. The minimum Gasteiger partial charge on any atom is -0.491 e. The van der Waals surface area contributed by atoms with Crippen LogP contribution in [-0.2, 0) is 14.2 Å². The van der Waals surface area contributed by atoms with E-state index < -0.39 is 0 Å². The quantitative estimate of drug-likeness (QED) is 0.0535. The van der Waals surface area contributed by atoms with Gasteiger partial charge in [-0.1, -0.05) is 86.6 Å². The molecule has 0 saturated heterocycles. The van der Waals surface area contributed by atoms with Crippen molar-refractivity contribution < 1.29 is 42.9 Å². The number of methoxy groups -OCH3 is 2. The van der Waals surface area contributed by atoms with E-state index in [-0.39, 0.29) is 23.1 Å². The normalized spacial score (nSPS) is 10.3. The van der Waals surface area contributed by atoms with E-state index >= 15 is 0 Å². The molecular weight excluding hydrogens is 757 g/mol. The number of hydrogen-bond acceptors (Lipinski definition) is 9. The molecule has 0 radical (unpaired) electrons. The third kappa shape index (κ3) is 16.3. The van der Waals surface area contributed by atoms with E-state index in [4.69, 9.17) is 23.7 Å². The first-order chi connectivity index (χ1) is 28.9. The molecule has 6 rings (SSSR count). The predicted molar refractivity (Wildman–Crippen MR) is 240 cm³/mol. The number of hydrogen-bond donors (Lipinski definition) is 0. The van der Waals surface area contributed by atoms with Gasteiger partial charge in [0.15, 0.2) is 23.1 Å². The summed E-state index contributed by atoms with van der Waals surface area (Å²) in [6, 6.07) is 40.2. The van der Waals surface area contributed by atoms with Gasteiger partial charge in [-0.3, -0.25) is 19.2 Å². The lowest BCUT2D eigenvalue weighted by Crippen LogP contribution is -2.10. The molecule has 0 spiro atoms. The summed E-state index contributed by atoms with van der Waals surface area (Å²) in [7, 11) is 3.26. The monoisotopic (exact) mass is 814 g/mol. The van der Waals surface area contributed by atoms with Crippen LogP contribution in [0.15, 0.2) is 127 Å². The summed E-state index contributed by atoms with van der Waals surface area (Å²) in [5, 5.41) is 4.32. The number of fused-ring (bicyclic) bond motifs is 2. The molecular formula is C51H58O9. The molecule has 60 heavy (non-hydrogen) atoms. The van der Waals surface area contributed by atoms with Gasteiger partial charge in [-0.05, 0) is 115 Å². The molecule has 9 heteroatoms. The van der Waals surface area contributed by atoms with Gasteiger partial charge in [0, 0.05) is 36.5 Å². The predicted octanol–water partition coefficient (Wildman–Crippen LogP) is 11.1. The van der Waals surface area contributed by atoms with Gasteiger partial charge in [-0.15, -0.1) is 0 Å². The Kier molecular flexibility index (Phi) is 21.1. The summed E-state index contributed by atoms with van der Waals surface area (Å²) in [5.41, 5.74) is 4.29. The molecule has 0 aliphatic carbocycles. The van der Waals surface area contributed by atoms with Gasteiger partial charge in [-0.2, -0.15) is 0 Å². The molecule has 0 atom stereocenters. The van der Waals surface area contributed by atoms with Crippen molar-refractivity contribution in [3.05, 3.63) is 155 Å². The van der Waals surface area contributed by atoms with E-state index in [0.717, 1.165) is 44.2 Å². The average Bonchev–Trinajstić information content (AvgIpc) is 3.25. The molecule has 316 valence electrons. The Morgan fingerprint density at radius 1 is 0.450 bits per heavy atom. The van der Waals surface area contributed by atoms with Crippen LogP contribution in [0.25, 0.3) is 21.5 Å². The Labute approximate surface area is 354 Å². The minimum absolute atomic E-state index is 0.0550. The first kappa shape index (κ1) is 48.4. The van der Waals surface area contributed by atoms with Gasteiger partial charge in [-0.25, -0.2) is 0 Å². The second-order valence-electron chi connectivity index (χ2n) is 14.0. The van der Waals surface area contributed by atoms with Crippen LogP contribution in [0.4, 0.5) is 0 Å². The SMILES string of the molecule is CC(=O)c1c2ccccc2cc2ccccc12.CC(=O)c1ccc(C(C)C)cc1.COCCOCCOc1ccc(C(C)=O)cc1.COCCOc1ccc(C(C)=O)cc1. The van der Waals surface area contributed by atoms with Crippen molar-refractivity contribution in [2.45, 2.75) is 47.5 Å². The highest BCUT2D eigenvalue weighted by Crippen LogP contribution is 2.28. The second kappa shape index (κ2) is 26.2. The van der Waals surface area contributed by atoms with Crippen LogP contribution < -0.4 is 9.47 Å². The van der Waals surface area contributed by atoms with Gasteiger partial charge in [0.25, 0.3) is 0 Å². The van der Waals surface area contributed by atoms with Crippen LogP contribution in [0.2, 0.25) is 0 Å². The van der Waals surface area contributed by atoms with Crippen molar-refractivity contribution in [1.82, 2.24) is 0 Å². The van der Waals surface area contributed by atoms with Crippen LogP contribution in [0, 0.1) is 0 Å². The lowest BCUT2D eigenvalue weighted by molar-refractivity contribution is 0.0544. The maximum Gasteiger partial charge on any atom is 0.161 e. The largest absolute Gasteiger partial charge is 0.491 e. The third-order valence-corrected chi connectivity index (χ3v) is 9.11. The molecule has 0 aliphatic heterocycles. The van der Waals surface area contributed by atoms with E-state index in [2.05, 4.69) is 19.9 Å². The van der Waals surface area contributed by atoms with Crippen molar-refractivity contribution in [1.29, 1.82) is 0 Å². The molecule has 0 bridgehead atoms. The van der Waals surface area contributed by atoms with Crippen molar-refractivity contribution in [3.63, 3.8) is 0 Å². The van der Waals surface area contributed by atoms with Crippen LogP contribution in [-0.4, -0.2) is 77.0 Å². The topological polar surface area (TPSA) is 114 Å². The lowest BCUT2D eigenvalue weighted by Gasteiger charge is -2.08. The summed E-state index contributed by atoms with van der Waals surface area (Å²) >= 11 is 0. The maximum atomic E-state index is 11.9. The van der Waals surface area contributed by atoms with E-state index in [1.54, 1.807) is 90.4 Å². The zero-order chi connectivity index (χ0) is 43.9. The number of Topliss-reactive ketones (excluding diaryl/α,β-unsaturated/α-hetero) is 4. The van der Waals surface area contributed by atoms with Crippen LogP contribution in [0.3, 0.4) is 0 Å². The van der Waals surface area contributed by atoms with E-state index in [1.807, 2.05) is 72.8 Å². The van der Waals surface area contributed by atoms with Crippen LogP contribution in [0.5, 0.6) is 11.5 Å². The van der Waals surface area contributed by atoms with E-state index in [9.17, 15) is 19.2 Å². The fourth-order valence-electron chi connectivity index (χ4n) is 5.77. The highest BCUT2D eigenvalue weighted by molar-refractivity contribution is 6.18. The Bertz CT molecular complexity index is 2190. The Hall–Kier alpha value is -6.00. The first-order valence-corrected chi connectivity index (χ1v) is 19.9. The summed E-state index contributed by atoms with van der Waals surface area (Å²) < 4.78 is 25.7. The Morgan fingerprint density at radius 2 is 0.817 bits per heavy atom. The highest BCUT2D eigenvalue weighted by atomic mass is 16.5. The Balaban J connectivity index is 0.000000216. The van der Waals surface area contributed by atoms with E-state index in [0.29, 0.717) is 56.7 Å². The smallest absolute Gasteiger partial charge is 0.161 e.